The van der Waals surface area contributed by atoms with Crippen molar-refractivity contribution in [1.29, 1.82) is 0 Å². The molecule has 0 atom stereocenters. The molecule has 9 aromatic rings. The molecule has 46 heavy (non-hydrogen) atoms. The summed E-state index contributed by atoms with van der Waals surface area (Å²) in [5.74, 6) is 0.793. The van der Waals surface area contributed by atoms with Crippen LogP contribution in [0.4, 0.5) is 0 Å². The number of aryl methyl sites for hydroxylation is 1. The van der Waals surface area contributed by atoms with Gasteiger partial charge < -0.3 is 14.0 Å². The Bertz CT molecular complexity index is 2400. The Morgan fingerprint density at radius 3 is 2.30 bits per heavy atom. The van der Waals surface area contributed by atoms with Gasteiger partial charge in [0.05, 0.1) is 28.6 Å². The summed E-state index contributed by atoms with van der Waals surface area (Å²) in [6, 6.07) is 47.2. The second-order valence-electron chi connectivity index (χ2n) is 10.8. The molecule has 5 aromatic carbocycles. The van der Waals surface area contributed by atoms with Crippen molar-refractivity contribution in [2.45, 2.75) is 6.92 Å². The molecule has 4 aromatic heterocycles. The van der Waals surface area contributed by atoms with Crippen LogP contribution in [0, 0.1) is 19.1 Å². The fourth-order valence-corrected chi connectivity index (χ4v) is 5.89. The van der Waals surface area contributed by atoms with Crippen LogP contribution in [0.3, 0.4) is 0 Å². The van der Waals surface area contributed by atoms with Crippen LogP contribution in [0.25, 0.3) is 72.1 Å². The van der Waals surface area contributed by atoms with E-state index >= 15 is 0 Å². The smallest absolute Gasteiger partial charge is 0.128 e. The molecule has 5 nitrogen and oxygen atoms in total. The van der Waals surface area contributed by atoms with E-state index in [9.17, 15) is 0 Å². The Morgan fingerprint density at radius 2 is 1.48 bits per heavy atom. The van der Waals surface area contributed by atoms with Crippen molar-refractivity contribution in [3.05, 3.63) is 158 Å². The van der Waals surface area contributed by atoms with Gasteiger partial charge in [-0.15, -0.1) is 54.1 Å². The number of nitrogens with zero attached hydrogens (tertiary/aromatic N) is 4. The summed E-state index contributed by atoms with van der Waals surface area (Å²) in [4.78, 5) is 13.6. The minimum absolute atomic E-state index is 0. The van der Waals surface area contributed by atoms with E-state index < -0.39 is 0 Å². The van der Waals surface area contributed by atoms with Gasteiger partial charge in [-0.3, -0.25) is 9.97 Å². The molecule has 223 valence electrons. The first-order chi connectivity index (χ1) is 22.3. The standard InChI is InChI=1S/C29H18N3O.C11H8N.Ir/c1-18-16-30-17-25-26(18)32(20-9-3-2-4-10-20)29(31-25)24-13-7-12-22-23-15-14-19-8-5-6-11-21(19)27(23)33-28(22)24;1-2-6-10(7-3-1)11-8-4-5-9-12-11;/h2-12,14-17H,1H3;1-6,8-9H;/q2*-1;. The third-order valence-corrected chi connectivity index (χ3v) is 7.95. The van der Waals surface area contributed by atoms with Crippen LogP contribution in [0.5, 0.6) is 0 Å². The zero-order chi connectivity index (χ0) is 30.2. The molecule has 0 saturated heterocycles. The molecule has 0 bridgehead atoms. The van der Waals surface area contributed by atoms with Crippen molar-refractivity contribution < 1.29 is 24.5 Å². The summed E-state index contributed by atoms with van der Waals surface area (Å²) in [7, 11) is 0. The minimum Gasteiger partial charge on any atom is -0.500 e. The van der Waals surface area contributed by atoms with Gasteiger partial charge in [-0.25, -0.2) is 0 Å². The molecule has 0 aliphatic rings. The van der Waals surface area contributed by atoms with Crippen LogP contribution in [0.1, 0.15) is 5.56 Å². The van der Waals surface area contributed by atoms with Crippen LogP contribution in [-0.2, 0) is 20.1 Å². The Labute approximate surface area is 279 Å². The molecule has 0 aliphatic carbocycles. The maximum Gasteiger partial charge on any atom is 0.128 e. The van der Waals surface area contributed by atoms with E-state index in [1.807, 2.05) is 85.2 Å². The number of hydrogen-bond acceptors (Lipinski definition) is 4. The van der Waals surface area contributed by atoms with Gasteiger partial charge in [0.25, 0.3) is 0 Å². The molecule has 0 N–H and O–H groups in total. The van der Waals surface area contributed by atoms with Crippen molar-refractivity contribution in [3.8, 4) is 28.3 Å². The third-order valence-electron chi connectivity index (χ3n) is 7.95. The Morgan fingerprint density at radius 1 is 0.674 bits per heavy atom. The Hall–Kier alpha value is -5.42. The first-order valence-corrected chi connectivity index (χ1v) is 14.8. The summed E-state index contributed by atoms with van der Waals surface area (Å²) in [5, 5.41) is 4.42. The largest absolute Gasteiger partial charge is 0.500 e. The summed E-state index contributed by atoms with van der Waals surface area (Å²) in [6.45, 7) is 2.07. The average Bonchev–Trinajstić information content (AvgIpc) is 3.70. The van der Waals surface area contributed by atoms with Gasteiger partial charge in [-0.05, 0) is 41.8 Å². The quantitative estimate of drug-likeness (QED) is 0.168. The second kappa shape index (κ2) is 12.5. The molecule has 0 saturated carbocycles. The molecule has 9 rings (SSSR count). The summed E-state index contributed by atoms with van der Waals surface area (Å²) in [5.41, 5.74) is 8.53. The number of rotatable bonds is 3. The van der Waals surface area contributed by atoms with E-state index in [2.05, 4.69) is 82.1 Å². The number of fused-ring (bicyclic) bond motifs is 6. The van der Waals surface area contributed by atoms with Crippen LogP contribution in [-0.4, -0.2) is 19.5 Å². The molecule has 6 heteroatoms. The predicted octanol–water partition coefficient (Wildman–Crippen LogP) is 9.79. The molecular formula is C40H26IrN4O-2. The molecule has 0 amide bonds. The fraction of sp³-hybridized carbons (Fsp3) is 0.0250. The van der Waals surface area contributed by atoms with E-state index in [1.165, 1.54) is 0 Å². The van der Waals surface area contributed by atoms with Gasteiger partial charge in [0, 0.05) is 49.0 Å². The maximum absolute atomic E-state index is 6.57. The topological polar surface area (TPSA) is 56.7 Å². The molecule has 1 radical (unpaired) electrons. The van der Waals surface area contributed by atoms with Crippen LogP contribution in [0.2, 0.25) is 0 Å². The van der Waals surface area contributed by atoms with Gasteiger partial charge in [-0.1, -0.05) is 77.7 Å². The molecule has 4 heterocycles. The van der Waals surface area contributed by atoms with E-state index in [-0.39, 0.29) is 20.1 Å². The number of aromatic nitrogens is 4. The van der Waals surface area contributed by atoms with Crippen molar-refractivity contribution in [2.75, 3.05) is 0 Å². The van der Waals surface area contributed by atoms with Crippen molar-refractivity contribution in [1.82, 2.24) is 19.5 Å². The molecule has 0 spiro atoms. The van der Waals surface area contributed by atoms with Gasteiger partial charge in [0.2, 0.25) is 0 Å². The monoisotopic (exact) mass is 771 g/mol. The van der Waals surface area contributed by atoms with Crippen LogP contribution < -0.4 is 0 Å². The Kier molecular flexibility index (Phi) is 7.98. The third kappa shape index (κ3) is 5.18. The van der Waals surface area contributed by atoms with Crippen LogP contribution in [0.15, 0.2) is 144 Å². The zero-order valence-corrected chi connectivity index (χ0v) is 27.2. The normalized spacial score (nSPS) is 11.0. The number of imidazole rings is 1. The van der Waals surface area contributed by atoms with Gasteiger partial charge >= 0.3 is 0 Å². The van der Waals surface area contributed by atoms with E-state index in [0.29, 0.717) is 0 Å². The number of furan rings is 1. The second-order valence-corrected chi connectivity index (χ2v) is 10.8. The van der Waals surface area contributed by atoms with Crippen molar-refractivity contribution >= 4 is 43.7 Å². The first kappa shape index (κ1) is 29.3. The summed E-state index contributed by atoms with van der Waals surface area (Å²) < 4.78 is 8.75. The minimum atomic E-state index is 0. The molecule has 0 aliphatic heterocycles. The van der Waals surface area contributed by atoms with Gasteiger partial charge in [-0.2, -0.15) is 0 Å². The zero-order valence-electron chi connectivity index (χ0n) is 24.8. The maximum atomic E-state index is 6.57. The fourth-order valence-electron chi connectivity index (χ4n) is 5.89. The van der Waals surface area contributed by atoms with Crippen molar-refractivity contribution in [3.63, 3.8) is 0 Å². The first-order valence-electron chi connectivity index (χ1n) is 14.8. The van der Waals surface area contributed by atoms with E-state index in [1.54, 1.807) is 6.20 Å². The SMILES string of the molecule is Cc1cncc2nc(-c3[c-]ccc4c3oc3c5ccccc5ccc43)n(-c3ccccc3)c12.[Ir].[c-]1ccccc1-c1ccccn1. The van der Waals surface area contributed by atoms with Gasteiger partial charge in [0.1, 0.15) is 5.58 Å². The predicted molar refractivity (Wildman–Crippen MR) is 181 cm³/mol. The van der Waals surface area contributed by atoms with Crippen molar-refractivity contribution in [2.24, 2.45) is 0 Å². The summed E-state index contributed by atoms with van der Waals surface area (Å²) in [6.07, 6.45) is 5.48. The van der Waals surface area contributed by atoms with E-state index in [4.69, 9.17) is 9.40 Å². The molecule has 0 unspecified atom stereocenters. The average molecular weight is 771 g/mol. The van der Waals surface area contributed by atoms with E-state index in [0.717, 1.165) is 77.6 Å². The number of benzene rings is 5. The summed E-state index contributed by atoms with van der Waals surface area (Å²) >= 11 is 0. The van der Waals surface area contributed by atoms with Gasteiger partial charge in [0.15, 0.2) is 0 Å². The number of pyridine rings is 2. The molecular weight excluding hydrogens is 745 g/mol. The Balaban J connectivity index is 0.000000220. The number of hydrogen-bond donors (Lipinski definition) is 0. The van der Waals surface area contributed by atoms with Crippen LogP contribution >= 0.6 is 0 Å². The molecule has 0 fully saturated rings. The number of para-hydroxylation sites is 1.